The Hall–Kier alpha value is -2.82. The number of rotatable bonds is 1. The fourth-order valence-corrected chi connectivity index (χ4v) is 2.02. The van der Waals surface area contributed by atoms with E-state index in [1.54, 1.807) is 0 Å². The predicted octanol–water partition coefficient (Wildman–Crippen LogP) is 1.72. The second-order valence-electron chi connectivity index (χ2n) is 4.14. The number of nitrogens with one attached hydrogen (secondary N) is 1. The highest BCUT2D eigenvalue weighted by molar-refractivity contribution is 5.86. The van der Waals surface area contributed by atoms with Gasteiger partial charge in [-0.25, -0.2) is 9.36 Å². The van der Waals surface area contributed by atoms with Crippen LogP contribution in [-0.4, -0.2) is 15.6 Å². The van der Waals surface area contributed by atoms with Crippen molar-refractivity contribution in [1.29, 1.82) is 0 Å². The van der Waals surface area contributed by atoms with E-state index in [9.17, 15) is 9.59 Å². The zero-order chi connectivity index (χ0) is 13.4. The quantitative estimate of drug-likeness (QED) is 0.691. The summed E-state index contributed by atoms with van der Waals surface area (Å²) in [5.41, 5.74) is 6.59. The molecule has 0 aliphatic heterocycles. The number of carbonyl (C=O) groups is 1. The summed E-state index contributed by atoms with van der Waals surface area (Å²) in [4.78, 5) is 26.4. The van der Waals surface area contributed by atoms with Crippen LogP contribution in [0.1, 0.15) is 0 Å². The SMILES string of the molecule is NC(=O)n1c[c]cc(-c2cc3ccccc3[nH]2)c1=O. The lowest BCUT2D eigenvalue weighted by Crippen LogP contribution is -2.31. The highest BCUT2D eigenvalue weighted by Gasteiger charge is 2.10. The van der Waals surface area contributed by atoms with Gasteiger partial charge >= 0.3 is 6.03 Å². The second kappa shape index (κ2) is 4.13. The van der Waals surface area contributed by atoms with Gasteiger partial charge in [0.05, 0.1) is 11.3 Å². The monoisotopic (exact) mass is 252 g/mol. The zero-order valence-electron chi connectivity index (χ0n) is 9.88. The summed E-state index contributed by atoms with van der Waals surface area (Å²) >= 11 is 0. The van der Waals surface area contributed by atoms with Crippen LogP contribution in [0.25, 0.3) is 22.2 Å². The van der Waals surface area contributed by atoms with Gasteiger partial charge in [-0.15, -0.1) is 0 Å². The van der Waals surface area contributed by atoms with E-state index in [0.29, 0.717) is 11.3 Å². The van der Waals surface area contributed by atoms with Crippen LogP contribution in [0, 0.1) is 6.07 Å². The standard InChI is InChI=1S/C14H10N3O2/c15-14(19)17-7-3-5-10(13(17)18)12-8-9-4-1-2-6-11(9)16-12/h1-2,4-8,16H,(H2,15,19). The van der Waals surface area contributed by atoms with E-state index in [2.05, 4.69) is 11.1 Å². The molecule has 0 saturated heterocycles. The van der Waals surface area contributed by atoms with Crippen LogP contribution in [0.4, 0.5) is 4.79 Å². The van der Waals surface area contributed by atoms with Crippen molar-refractivity contribution in [2.24, 2.45) is 5.73 Å². The molecular formula is C14H10N3O2. The van der Waals surface area contributed by atoms with Gasteiger partial charge < -0.3 is 10.7 Å². The molecule has 0 aliphatic rings. The Kier molecular flexibility index (Phi) is 2.45. The van der Waals surface area contributed by atoms with E-state index < -0.39 is 11.6 Å². The van der Waals surface area contributed by atoms with Gasteiger partial charge in [-0.3, -0.25) is 4.79 Å². The van der Waals surface area contributed by atoms with Crippen LogP contribution < -0.4 is 11.3 Å². The highest BCUT2D eigenvalue weighted by atomic mass is 16.2. The van der Waals surface area contributed by atoms with E-state index in [4.69, 9.17) is 5.73 Å². The number of hydrogen-bond acceptors (Lipinski definition) is 2. The molecule has 3 aromatic rings. The number of benzene rings is 1. The number of fused-ring (bicyclic) bond motifs is 1. The van der Waals surface area contributed by atoms with Crippen molar-refractivity contribution in [3.05, 3.63) is 59.0 Å². The molecule has 2 aromatic heterocycles. The van der Waals surface area contributed by atoms with Crippen molar-refractivity contribution in [2.75, 3.05) is 0 Å². The molecule has 0 aliphatic carbocycles. The van der Waals surface area contributed by atoms with E-state index in [1.165, 1.54) is 12.3 Å². The molecule has 5 nitrogen and oxygen atoms in total. The number of para-hydroxylation sites is 1. The van der Waals surface area contributed by atoms with Gasteiger partial charge in [0.15, 0.2) is 0 Å². The molecule has 93 valence electrons. The van der Waals surface area contributed by atoms with E-state index in [0.717, 1.165) is 15.5 Å². The topological polar surface area (TPSA) is 80.9 Å². The Morgan fingerprint density at radius 3 is 2.84 bits per heavy atom. The molecule has 5 heteroatoms. The highest BCUT2D eigenvalue weighted by Crippen LogP contribution is 2.21. The van der Waals surface area contributed by atoms with Gasteiger partial charge in [0.2, 0.25) is 0 Å². The molecule has 2 heterocycles. The molecule has 3 rings (SSSR count). The van der Waals surface area contributed by atoms with Crippen molar-refractivity contribution in [3.63, 3.8) is 0 Å². The molecule has 0 fully saturated rings. The van der Waals surface area contributed by atoms with E-state index >= 15 is 0 Å². The maximum absolute atomic E-state index is 12.1. The molecule has 3 N–H and O–H groups in total. The smallest absolute Gasteiger partial charge is 0.325 e. The van der Waals surface area contributed by atoms with Crippen LogP contribution in [0.5, 0.6) is 0 Å². The van der Waals surface area contributed by atoms with Gasteiger partial charge in [0.1, 0.15) is 0 Å². The number of pyridine rings is 1. The van der Waals surface area contributed by atoms with Gasteiger partial charge in [0, 0.05) is 23.2 Å². The number of H-pyrrole nitrogens is 1. The largest absolute Gasteiger partial charge is 0.354 e. The Balaban J connectivity index is 2.24. The first-order valence-electron chi connectivity index (χ1n) is 5.67. The Labute approximate surface area is 108 Å². The average Bonchev–Trinajstić information content (AvgIpc) is 2.82. The first kappa shape index (κ1) is 11.3. The fraction of sp³-hybridized carbons (Fsp3) is 0. The van der Waals surface area contributed by atoms with E-state index in [1.807, 2.05) is 30.3 Å². The number of primary amides is 1. The van der Waals surface area contributed by atoms with Gasteiger partial charge in [0.25, 0.3) is 5.56 Å². The predicted molar refractivity (Wildman–Crippen MR) is 71.8 cm³/mol. The minimum Gasteiger partial charge on any atom is -0.354 e. The fourth-order valence-electron chi connectivity index (χ4n) is 2.02. The number of carbonyl (C=O) groups excluding carboxylic acids is 1. The molecule has 1 aromatic carbocycles. The minimum atomic E-state index is -0.820. The first-order chi connectivity index (χ1) is 9.16. The molecular weight excluding hydrogens is 242 g/mol. The number of aromatic nitrogens is 2. The summed E-state index contributed by atoms with van der Waals surface area (Å²) in [6.07, 6.45) is 1.23. The van der Waals surface area contributed by atoms with Crippen molar-refractivity contribution < 1.29 is 4.79 Å². The number of aromatic amines is 1. The molecule has 0 spiro atoms. The van der Waals surface area contributed by atoms with Crippen molar-refractivity contribution >= 4 is 16.9 Å². The lowest BCUT2D eigenvalue weighted by Gasteiger charge is -2.01. The molecule has 0 bridgehead atoms. The third kappa shape index (κ3) is 1.81. The summed E-state index contributed by atoms with van der Waals surface area (Å²) in [6, 6.07) is 13.0. The lowest BCUT2D eigenvalue weighted by atomic mass is 10.2. The third-order valence-electron chi connectivity index (χ3n) is 2.94. The van der Waals surface area contributed by atoms with Gasteiger partial charge in [-0.05, 0) is 18.2 Å². The van der Waals surface area contributed by atoms with E-state index in [-0.39, 0.29) is 0 Å². The number of hydrogen-bond donors (Lipinski definition) is 2. The van der Waals surface area contributed by atoms with Crippen LogP contribution in [-0.2, 0) is 0 Å². The second-order valence-corrected chi connectivity index (χ2v) is 4.14. The summed E-state index contributed by atoms with van der Waals surface area (Å²) in [5, 5.41) is 0.992. The van der Waals surface area contributed by atoms with Crippen LogP contribution in [0.15, 0.2) is 47.4 Å². The maximum Gasteiger partial charge on any atom is 0.325 e. The normalized spacial score (nSPS) is 10.7. The first-order valence-corrected chi connectivity index (χ1v) is 5.67. The number of nitrogens with zero attached hydrogens (tertiary/aromatic N) is 1. The number of amides is 1. The summed E-state index contributed by atoms with van der Waals surface area (Å²) in [6.45, 7) is 0. The summed E-state index contributed by atoms with van der Waals surface area (Å²) in [7, 11) is 0. The molecule has 1 amide bonds. The van der Waals surface area contributed by atoms with Crippen LogP contribution >= 0.6 is 0 Å². The zero-order valence-corrected chi connectivity index (χ0v) is 9.88. The number of nitrogens with two attached hydrogens (primary N) is 1. The lowest BCUT2D eigenvalue weighted by molar-refractivity contribution is 0.249. The van der Waals surface area contributed by atoms with Crippen molar-refractivity contribution in [1.82, 2.24) is 9.55 Å². The minimum absolute atomic E-state index is 0.359. The average molecular weight is 252 g/mol. The van der Waals surface area contributed by atoms with Gasteiger partial charge in [-0.1, -0.05) is 18.2 Å². The molecule has 0 saturated carbocycles. The molecule has 0 atom stereocenters. The van der Waals surface area contributed by atoms with Crippen molar-refractivity contribution in [2.45, 2.75) is 0 Å². The maximum atomic E-state index is 12.1. The molecule has 0 unspecified atom stereocenters. The van der Waals surface area contributed by atoms with Gasteiger partial charge in [-0.2, -0.15) is 0 Å². The molecule has 19 heavy (non-hydrogen) atoms. The molecule has 1 radical (unpaired) electrons. The van der Waals surface area contributed by atoms with Crippen LogP contribution in [0.2, 0.25) is 0 Å². The Bertz CT molecular complexity index is 797. The van der Waals surface area contributed by atoms with Crippen LogP contribution in [0.3, 0.4) is 0 Å². The Morgan fingerprint density at radius 2 is 2.11 bits per heavy atom. The summed E-state index contributed by atoms with van der Waals surface area (Å²) in [5.74, 6) is 0. The summed E-state index contributed by atoms with van der Waals surface area (Å²) < 4.78 is 0.834. The Morgan fingerprint density at radius 1 is 1.32 bits per heavy atom. The van der Waals surface area contributed by atoms with Crippen molar-refractivity contribution in [3.8, 4) is 11.3 Å². The third-order valence-corrected chi connectivity index (χ3v) is 2.94.